The summed E-state index contributed by atoms with van der Waals surface area (Å²) < 4.78 is 10.8. The summed E-state index contributed by atoms with van der Waals surface area (Å²) in [7, 11) is 0. The summed E-state index contributed by atoms with van der Waals surface area (Å²) in [5, 5.41) is 5.22. The lowest BCUT2D eigenvalue weighted by Gasteiger charge is -2.21. The fraction of sp³-hybridized carbons (Fsp3) is 0.333. The lowest BCUT2D eigenvalue weighted by atomic mass is 10.2. The Morgan fingerprint density at radius 2 is 2.15 bits per heavy atom. The molecule has 1 fully saturated rings. The zero-order valence-corrected chi connectivity index (χ0v) is 14.7. The van der Waals surface area contributed by atoms with Crippen molar-refractivity contribution in [2.75, 3.05) is 0 Å². The lowest BCUT2D eigenvalue weighted by molar-refractivity contribution is -0.168. The molecule has 0 radical (unpaired) electrons. The highest BCUT2D eigenvalue weighted by molar-refractivity contribution is 5.94. The fourth-order valence-corrected chi connectivity index (χ4v) is 2.59. The first kappa shape index (κ1) is 18.6. The van der Waals surface area contributed by atoms with E-state index in [4.69, 9.17) is 9.47 Å². The number of cyclic esters (lactones) is 1. The van der Waals surface area contributed by atoms with E-state index in [0.717, 1.165) is 5.56 Å². The number of nitrogens with one attached hydrogen (secondary N) is 3. The molecule has 1 aliphatic heterocycles. The summed E-state index contributed by atoms with van der Waals surface area (Å²) in [5.74, 6) is -1.30. The van der Waals surface area contributed by atoms with Gasteiger partial charge in [0.25, 0.3) is 5.91 Å². The molecule has 0 aliphatic carbocycles. The number of hydrogen-bond donors (Lipinski definition) is 3. The van der Waals surface area contributed by atoms with Gasteiger partial charge in [-0.25, -0.2) is 4.98 Å². The van der Waals surface area contributed by atoms with Crippen molar-refractivity contribution in [2.24, 2.45) is 0 Å². The molecule has 2 amide bonds. The maximum Gasteiger partial charge on any atom is 0.310 e. The van der Waals surface area contributed by atoms with Crippen molar-refractivity contribution in [3.8, 4) is 0 Å². The minimum Gasteiger partial charge on any atom is -0.433 e. The van der Waals surface area contributed by atoms with E-state index < -0.39 is 36.2 Å². The Bertz CT molecular complexity index is 793. The first-order valence-electron chi connectivity index (χ1n) is 8.48. The molecule has 3 atom stereocenters. The van der Waals surface area contributed by atoms with Gasteiger partial charge in [0.05, 0.1) is 13.0 Å². The topological polar surface area (TPSA) is 122 Å². The number of rotatable bonds is 7. The third kappa shape index (κ3) is 4.91. The summed E-state index contributed by atoms with van der Waals surface area (Å²) in [6.07, 6.45) is 2.07. The van der Waals surface area contributed by atoms with Gasteiger partial charge in [0.15, 0.2) is 5.82 Å². The average molecular weight is 372 g/mol. The number of benzene rings is 1. The molecule has 2 aromatic rings. The van der Waals surface area contributed by atoms with Crippen LogP contribution in [-0.4, -0.2) is 46.1 Å². The Labute approximate surface area is 155 Å². The quantitative estimate of drug-likeness (QED) is 0.609. The first-order chi connectivity index (χ1) is 13.0. The third-order valence-electron chi connectivity index (χ3n) is 4.00. The van der Waals surface area contributed by atoms with Crippen molar-refractivity contribution < 1.29 is 23.9 Å². The van der Waals surface area contributed by atoms with Crippen LogP contribution in [0, 0.1) is 0 Å². The highest BCUT2D eigenvalue weighted by atomic mass is 16.7. The van der Waals surface area contributed by atoms with E-state index in [0.29, 0.717) is 0 Å². The zero-order chi connectivity index (χ0) is 19.2. The minimum absolute atomic E-state index is 0.00401. The van der Waals surface area contributed by atoms with Crippen LogP contribution in [-0.2, 0) is 25.7 Å². The molecule has 27 heavy (non-hydrogen) atoms. The predicted octanol–water partition coefficient (Wildman–Crippen LogP) is 0.503. The highest BCUT2D eigenvalue weighted by Gasteiger charge is 2.37. The molecule has 1 saturated heterocycles. The van der Waals surface area contributed by atoms with E-state index in [1.54, 1.807) is 0 Å². The number of aromatic amines is 1. The Morgan fingerprint density at radius 1 is 1.37 bits per heavy atom. The number of carbonyl (C=O) groups excluding carboxylic acids is 3. The largest absolute Gasteiger partial charge is 0.433 e. The smallest absolute Gasteiger partial charge is 0.310 e. The Hall–Kier alpha value is -3.20. The van der Waals surface area contributed by atoms with E-state index in [1.807, 2.05) is 30.3 Å². The van der Waals surface area contributed by atoms with Crippen molar-refractivity contribution in [1.29, 1.82) is 0 Å². The number of carbonyl (C=O) groups is 3. The number of H-pyrrole nitrogens is 1. The van der Waals surface area contributed by atoms with Gasteiger partial charge in [-0.1, -0.05) is 30.3 Å². The van der Waals surface area contributed by atoms with E-state index in [2.05, 4.69) is 20.6 Å². The molecule has 1 aliphatic rings. The van der Waals surface area contributed by atoms with Crippen LogP contribution < -0.4 is 10.6 Å². The van der Waals surface area contributed by atoms with E-state index in [-0.39, 0.29) is 18.9 Å². The number of esters is 1. The van der Waals surface area contributed by atoms with Gasteiger partial charge in [-0.3, -0.25) is 14.4 Å². The normalized spacial score (nSPS) is 20.0. The van der Waals surface area contributed by atoms with Crippen LogP contribution in [0.15, 0.2) is 42.7 Å². The standard InChI is InChI=1S/C18H20N4O5/c1-11(21-17(25)15-19-7-8-20-15)16(24)22-13-9-14(23)27-18(13)26-10-12-5-3-2-4-6-12/h2-8,11,13,18H,9-10H2,1H3,(H,19,20)(H,21,25)(H,22,24)/t11-,13+,18+/m1/s1. The van der Waals surface area contributed by atoms with Gasteiger partial charge in [0.1, 0.15) is 12.1 Å². The van der Waals surface area contributed by atoms with Gasteiger partial charge in [-0.15, -0.1) is 0 Å². The van der Waals surface area contributed by atoms with Crippen LogP contribution in [0.3, 0.4) is 0 Å². The van der Waals surface area contributed by atoms with Crippen LogP contribution in [0.4, 0.5) is 0 Å². The fourth-order valence-electron chi connectivity index (χ4n) is 2.59. The molecule has 2 heterocycles. The molecule has 9 heteroatoms. The number of nitrogens with zero attached hydrogens (tertiary/aromatic N) is 1. The third-order valence-corrected chi connectivity index (χ3v) is 4.00. The maximum absolute atomic E-state index is 12.4. The van der Waals surface area contributed by atoms with E-state index >= 15 is 0 Å². The van der Waals surface area contributed by atoms with Crippen molar-refractivity contribution in [1.82, 2.24) is 20.6 Å². The Morgan fingerprint density at radius 3 is 2.85 bits per heavy atom. The summed E-state index contributed by atoms with van der Waals surface area (Å²) in [4.78, 5) is 42.4. The van der Waals surface area contributed by atoms with Crippen molar-refractivity contribution >= 4 is 17.8 Å². The van der Waals surface area contributed by atoms with Crippen molar-refractivity contribution in [2.45, 2.75) is 38.3 Å². The van der Waals surface area contributed by atoms with Gasteiger partial charge in [-0.2, -0.15) is 0 Å². The molecule has 3 rings (SSSR count). The molecule has 0 unspecified atom stereocenters. The second kappa shape index (κ2) is 8.45. The van der Waals surface area contributed by atoms with E-state index in [9.17, 15) is 14.4 Å². The molecular weight excluding hydrogens is 352 g/mol. The Kier molecular flexibility index (Phi) is 5.82. The average Bonchev–Trinajstić information content (AvgIpc) is 3.31. The number of imidazole rings is 1. The van der Waals surface area contributed by atoms with Gasteiger partial charge in [0.2, 0.25) is 12.2 Å². The second-order valence-corrected chi connectivity index (χ2v) is 6.11. The molecular formula is C18H20N4O5. The Balaban J connectivity index is 1.53. The molecule has 1 aromatic heterocycles. The molecule has 0 bridgehead atoms. The molecule has 0 saturated carbocycles. The lowest BCUT2D eigenvalue weighted by Crippen LogP contribution is -2.50. The first-order valence-corrected chi connectivity index (χ1v) is 8.48. The van der Waals surface area contributed by atoms with Crippen LogP contribution in [0.2, 0.25) is 0 Å². The minimum atomic E-state index is -0.880. The second-order valence-electron chi connectivity index (χ2n) is 6.11. The summed E-state index contributed by atoms with van der Waals surface area (Å²) in [5.41, 5.74) is 0.921. The SMILES string of the molecule is C[C@@H](NC(=O)c1ncc[nH]1)C(=O)N[C@H]1CC(=O)O[C@@H]1OCc1ccccc1. The number of aromatic nitrogens is 2. The molecule has 3 N–H and O–H groups in total. The van der Waals surface area contributed by atoms with Crippen LogP contribution in [0.25, 0.3) is 0 Å². The number of hydrogen-bond acceptors (Lipinski definition) is 6. The van der Waals surface area contributed by atoms with Crippen molar-refractivity contribution in [3.63, 3.8) is 0 Å². The van der Waals surface area contributed by atoms with Gasteiger partial charge in [-0.05, 0) is 12.5 Å². The number of ether oxygens (including phenoxy) is 2. The highest BCUT2D eigenvalue weighted by Crippen LogP contribution is 2.18. The monoisotopic (exact) mass is 372 g/mol. The molecule has 142 valence electrons. The molecule has 1 aromatic carbocycles. The van der Waals surface area contributed by atoms with Gasteiger partial charge >= 0.3 is 5.97 Å². The summed E-state index contributed by atoms with van der Waals surface area (Å²) in [6.45, 7) is 1.78. The summed E-state index contributed by atoms with van der Waals surface area (Å²) >= 11 is 0. The molecule has 0 spiro atoms. The van der Waals surface area contributed by atoms with Gasteiger partial charge in [0, 0.05) is 12.4 Å². The van der Waals surface area contributed by atoms with Gasteiger partial charge < -0.3 is 25.1 Å². The van der Waals surface area contributed by atoms with Crippen molar-refractivity contribution in [3.05, 3.63) is 54.1 Å². The van der Waals surface area contributed by atoms with Crippen LogP contribution in [0.5, 0.6) is 0 Å². The van der Waals surface area contributed by atoms with Crippen LogP contribution in [0.1, 0.15) is 29.5 Å². The number of amides is 2. The van der Waals surface area contributed by atoms with Crippen LogP contribution >= 0.6 is 0 Å². The molecule has 9 nitrogen and oxygen atoms in total. The van der Waals surface area contributed by atoms with E-state index in [1.165, 1.54) is 19.3 Å². The predicted molar refractivity (Wildman–Crippen MR) is 93.2 cm³/mol. The maximum atomic E-state index is 12.4. The summed E-state index contributed by atoms with van der Waals surface area (Å²) in [6, 6.07) is 7.96. The zero-order valence-electron chi connectivity index (χ0n) is 14.7.